The second-order valence-corrected chi connectivity index (χ2v) is 6.07. The highest BCUT2D eigenvalue weighted by Crippen LogP contribution is 2.16. The number of ether oxygens (including phenoxy) is 1. The summed E-state index contributed by atoms with van der Waals surface area (Å²) in [6, 6.07) is 16.0. The molecule has 0 aliphatic carbocycles. The van der Waals surface area contributed by atoms with Crippen LogP contribution in [-0.2, 0) is 6.54 Å². The second kappa shape index (κ2) is 7.93. The van der Waals surface area contributed by atoms with Crippen molar-refractivity contribution in [3.63, 3.8) is 0 Å². The molecular weight excluding hydrogens is 330 g/mol. The van der Waals surface area contributed by atoms with Crippen LogP contribution in [0, 0.1) is 13.8 Å². The molecule has 3 rings (SSSR count). The number of nitrogens with zero attached hydrogens (tertiary/aromatic N) is 3. The monoisotopic (exact) mass is 351 g/mol. The molecule has 0 aliphatic rings. The lowest BCUT2D eigenvalue weighted by molar-refractivity contribution is 0.0885. The van der Waals surface area contributed by atoms with Crippen molar-refractivity contribution < 1.29 is 14.6 Å². The van der Waals surface area contributed by atoms with Crippen LogP contribution in [0.15, 0.2) is 54.6 Å². The molecule has 134 valence electrons. The summed E-state index contributed by atoms with van der Waals surface area (Å²) in [5.74, 6) is 1.99. The van der Waals surface area contributed by atoms with Crippen LogP contribution in [0.4, 0.5) is 0 Å². The van der Waals surface area contributed by atoms with Crippen molar-refractivity contribution in [2.45, 2.75) is 26.5 Å². The number of aryl methyl sites for hydroxylation is 2. The van der Waals surface area contributed by atoms with E-state index in [1.165, 1.54) is 0 Å². The van der Waals surface area contributed by atoms with Gasteiger partial charge in [0, 0.05) is 11.1 Å². The Bertz CT molecular complexity index is 873. The predicted octanol–water partition coefficient (Wildman–Crippen LogP) is 2.57. The molecule has 6 nitrogen and oxygen atoms in total. The van der Waals surface area contributed by atoms with Gasteiger partial charge in [-0.05, 0) is 38.1 Å². The van der Waals surface area contributed by atoms with Gasteiger partial charge in [0.05, 0.1) is 6.54 Å². The number of aliphatic hydroxyl groups is 1. The summed E-state index contributed by atoms with van der Waals surface area (Å²) in [7, 11) is 0. The third-order valence-electron chi connectivity index (χ3n) is 3.94. The Morgan fingerprint density at radius 2 is 1.73 bits per heavy atom. The van der Waals surface area contributed by atoms with Gasteiger partial charge in [-0.1, -0.05) is 30.3 Å². The topological polar surface area (TPSA) is 77.2 Å². The third-order valence-corrected chi connectivity index (χ3v) is 3.94. The molecule has 1 aromatic heterocycles. The fourth-order valence-corrected chi connectivity index (χ4v) is 2.64. The number of ketones is 1. The van der Waals surface area contributed by atoms with Gasteiger partial charge >= 0.3 is 0 Å². The van der Waals surface area contributed by atoms with E-state index < -0.39 is 6.10 Å². The van der Waals surface area contributed by atoms with E-state index in [0.717, 1.165) is 5.82 Å². The van der Waals surface area contributed by atoms with Crippen LogP contribution in [0.2, 0.25) is 0 Å². The summed E-state index contributed by atoms with van der Waals surface area (Å²) >= 11 is 0. The first kappa shape index (κ1) is 17.8. The molecule has 0 bridgehead atoms. The number of aliphatic hydroxyl groups excluding tert-OH is 1. The van der Waals surface area contributed by atoms with Crippen molar-refractivity contribution in [3.8, 4) is 5.75 Å². The molecule has 0 saturated heterocycles. The van der Waals surface area contributed by atoms with Crippen molar-refractivity contribution in [3.05, 3.63) is 77.4 Å². The molecular formula is C20H21N3O3. The molecule has 1 atom stereocenters. The van der Waals surface area contributed by atoms with Crippen molar-refractivity contribution >= 4 is 5.78 Å². The number of hydrogen-bond acceptors (Lipinski definition) is 5. The quantitative estimate of drug-likeness (QED) is 0.662. The Balaban J connectivity index is 1.56. The van der Waals surface area contributed by atoms with E-state index in [4.69, 9.17) is 4.74 Å². The maximum absolute atomic E-state index is 12.4. The number of benzene rings is 2. The van der Waals surface area contributed by atoms with E-state index in [2.05, 4.69) is 10.1 Å². The largest absolute Gasteiger partial charge is 0.491 e. The number of carbonyl (C=O) groups is 1. The van der Waals surface area contributed by atoms with Gasteiger partial charge in [0.2, 0.25) is 0 Å². The normalized spacial score (nSPS) is 12.0. The molecule has 0 unspecified atom stereocenters. The van der Waals surface area contributed by atoms with Crippen LogP contribution in [0.5, 0.6) is 5.75 Å². The zero-order chi connectivity index (χ0) is 18.5. The highest BCUT2D eigenvalue weighted by atomic mass is 16.5. The first-order valence-electron chi connectivity index (χ1n) is 8.41. The van der Waals surface area contributed by atoms with Gasteiger partial charge in [-0.2, -0.15) is 5.10 Å². The maximum Gasteiger partial charge on any atom is 0.193 e. The number of hydrogen-bond donors (Lipinski definition) is 1. The fourth-order valence-electron chi connectivity index (χ4n) is 2.64. The zero-order valence-corrected chi connectivity index (χ0v) is 14.8. The van der Waals surface area contributed by atoms with Crippen LogP contribution < -0.4 is 4.74 Å². The minimum atomic E-state index is -0.708. The first-order chi connectivity index (χ1) is 12.5. The van der Waals surface area contributed by atoms with Crippen molar-refractivity contribution in [1.29, 1.82) is 0 Å². The summed E-state index contributed by atoms with van der Waals surface area (Å²) in [4.78, 5) is 16.6. The molecule has 6 heteroatoms. The molecule has 26 heavy (non-hydrogen) atoms. The Kier molecular flexibility index (Phi) is 5.43. The van der Waals surface area contributed by atoms with E-state index in [-0.39, 0.29) is 12.4 Å². The molecule has 3 aromatic rings. The predicted molar refractivity (Wildman–Crippen MR) is 97.3 cm³/mol. The SMILES string of the molecule is Cc1nc(C)n(C[C@H](O)COc2ccc(C(=O)c3ccccc3)cc2)n1. The molecule has 0 amide bonds. The molecule has 0 aliphatic heterocycles. The van der Waals surface area contributed by atoms with Crippen LogP contribution in [-0.4, -0.2) is 38.4 Å². The van der Waals surface area contributed by atoms with E-state index in [0.29, 0.717) is 29.2 Å². The summed E-state index contributed by atoms with van der Waals surface area (Å²) in [5.41, 5.74) is 1.24. The summed E-state index contributed by atoms with van der Waals surface area (Å²) < 4.78 is 7.26. The van der Waals surface area contributed by atoms with Crippen molar-refractivity contribution in [2.24, 2.45) is 0 Å². The average molecular weight is 351 g/mol. The maximum atomic E-state index is 12.4. The Hall–Kier alpha value is -2.99. The second-order valence-electron chi connectivity index (χ2n) is 6.07. The van der Waals surface area contributed by atoms with E-state index in [9.17, 15) is 9.90 Å². The van der Waals surface area contributed by atoms with Crippen LogP contribution in [0.25, 0.3) is 0 Å². The minimum Gasteiger partial charge on any atom is -0.491 e. The number of aromatic nitrogens is 3. The molecule has 0 spiro atoms. The van der Waals surface area contributed by atoms with Crippen LogP contribution >= 0.6 is 0 Å². The van der Waals surface area contributed by atoms with Gasteiger partial charge in [-0.15, -0.1) is 0 Å². The van der Waals surface area contributed by atoms with E-state index >= 15 is 0 Å². The molecule has 0 saturated carbocycles. The summed E-state index contributed by atoms with van der Waals surface area (Å²) in [5, 5.41) is 14.3. The highest BCUT2D eigenvalue weighted by Gasteiger charge is 2.12. The zero-order valence-electron chi connectivity index (χ0n) is 14.8. The van der Waals surface area contributed by atoms with Crippen LogP contribution in [0.3, 0.4) is 0 Å². The van der Waals surface area contributed by atoms with Gasteiger partial charge < -0.3 is 9.84 Å². The lowest BCUT2D eigenvalue weighted by Gasteiger charge is -2.13. The molecule has 0 fully saturated rings. The number of rotatable bonds is 7. The molecule has 2 aromatic carbocycles. The smallest absolute Gasteiger partial charge is 0.193 e. The van der Waals surface area contributed by atoms with Crippen molar-refractivity contribution in [2.75, 3.05) is 6.61 Å². The lowest BCUT2D eigenvalue weighted by Crippen LogP contribution is -2.24. The molecule has 1 heterocycles. The van der Waals surface area contributed by atoms with Crippen LogP contribution in [0.1, 0.15) is 27.6 Å². The Labute approximate surface area is 152 Å². The molecule has 1 N–H and O–H groups in total. The first-order valence-corrected chi connectivity index (χ1v) is 8.41. The van der Waals surface area contributed by atoms with Gasteiger partial charge in [-0.25, -0.2) is 9.67 Å². The highest BCUT2D eigenvalue weighted by molar-refractivity contribution is 6.08. The van der Waals surface area contributed by atoms with Gasteiger partial charge in [0.1, 0.15) is 30.1 Å². The van der Waals surface area contributed by atoms with E-state index in [1.807, 2.05) is 32.0 Å². The van der Waals surface area contributed by atoms with E-state index in [1.54, 1.807) is 41.1 Å². The standard InChI is InChI=1S/C20H21N3O3/c1-14-21-15(2)23(22-14)12-18(24)13-26-19-10-8-17(9-11-19)20(25)16-6-4-3-5-7-16/h3-11,18,24H,12-13H2,1-2H3/t18-/m0/s1. The minimum absolute atomic E-state index is 0.0331. The Morgan fingerprint density at radius 3 is 2.35 bits per heavy atom. The van der Waals surface area contributed by atoms with Gasteiger partial charge in [0.25, 0.3) is 0 Å². The average Bonchev–Trinajstić information content (AvgIpc) is 2.97. The summed E-state index contributed by atoms with van der Waals surface area (Å²) in [6.07, 6.45) is -0.708. The third kappa shape index (κ3) is 4.34. The Morgan fingerprint density at radius 1 is 1.08 bits per heavy atom. The fraction of sp³-hybridized carbons (Fsp3) is 0.250. The van der Waals surface area contributed by atoms with Gasteiger partial charge in [-0.3, -0.25) is 4.79 Å². The molecule has 0 radical (unpaired) electrons. The van der Waals surface area contributed by atoms with Gasteiger partial charge in [0.15, 0.2) is 5.78 Å². The summed E-state index contributed by atoms with van der Waals surface area (Å²) in [6.45, 7) is 4.10. The lowest BCUT2D eigenvalue weighted by atomic mass is 10.0. The van der Waals surface area contributed by atoms with Crippen molar-refractivity contribution in [1.82, 2.24) is 14.8 Å². The number of carbonyl (C=O) groups excluding carboxylic acids is 1.